The van der Waals surface area contributed by atoms with Crippen molar-refractivity contribution >= 4 is 26.5 Å². The van der Waals surface area contributed by atoms with Gasteiger partial charge in [0.05, 0.1) is 6.54 Å². The standard InChI is InChI=1S/C6H9N7O2S2/c1-13-3-8-4(12-13)2-9-17(14,15)6-11-10-5(7)16-6/h3,9H,2H2,1H3,(H2,7,10). The summed E-state index contributed by atoms with van der Waals surface area (Å²) in [6.07, 6.45) is 1.48. The minimum Gasteiger partial charge on any atom is -0.374 e. The van der Waals surface area contributed by atoms with Crippen LogP contribution in [0, 0.1) is 0 Å². The van der Waals surface area contributed by atoms with Gasteiger partial charge in [-0.05, 0) is 0 Å². The lowest BCUT2D eigenvalue weighted by Gasteiger charge is -1.99. The number of hydrogen-bond donors (Lipinski definition) is 2. The van der Waals surface area contributed by atoms with Crippen LogP contribution in [0.4, 0.5) is 5.13 Å². The van der Waals surface area contributed by atoms with Gasteiger partial charge in [-0.2, -0.15) is 5.10 Å². The van der Waals surface area contributed by atoms with Crippen LogP contribution < -0.4 is 10.5 Å². The van der Waals surface area contributed by atoms with Crippen LogP contribution in [0.3, 0.4) is 0 Å². The summed E-state index contributed by atoms with van der Waals surface area (Å²) in [6, 6.07) is 0. The fraction of sp³-hybridized carbons (Fsp3) is 0.333. The van der Waals surface area contributed by atoms with Gasteiger partial charge in [-0.25, -0.2) is 18.1 Å². The van der Waals surface area contributed by atoms with E-state index in [4.69, 9.17) is 5.73 Å². The number of aromatic nitrogens is 5. The van der Waals surface area contributed by atoms with Crippen molar-refractivity contribution in [3.63, 3.8) is 0 Å². The van der Waals surface area contributed by atoms with E-state index in [1.165, 1.54) is 11.0 Å². The Morgan fingerprint density at radius 2 is 2.29 bits per heavy atom. The maximum Gasteiger partial charge on any atom is 0.270 e. The molecule has 0 spiro atoms. The summed E-state index contributed by atoms with van der Waals surface area (Å²) in [5.41, 5.74) is 5.31. The minimum absolute atomic E-state index is 0.0113. The lowest BCUT2D eigenvalue weighted by molar-refractivity contribution is 0.576. The highest BCUT2D eigenvalue weighted by Gasteiger charge is 2.19. The van der Waals surface area contributed by atoms with Gasteiger partial charge in [0.1, 0.15) is 6.33 Å². The molecule has 92 valence electrons. The maximum absolute atomic E-state index is 11.7. The predicted octanol–water partition coefficient (Wildman–Crippen LogP) is -1.27. The van der Waals surface area contributed by atoms with Crippen LogP contribution >= 0.6 is 11.3 Å². The van der Waals surface area contributed by atoms with Crippen LogP contribution in [0.1, 0.15) is 5.82 Å². The normalized spacial score (nSPS) is 11.8. The van der Waals surface area contributed by atoms with E-state index < -0.39 is 10.0 Å². The first kappa shape index (κ1) is 11.9. The number of rotatable bonds is 4. The molecule has 2 rings (SSSR count). The number of hydrogen-bond acceptors (Lipinski definition) is 8. The Morgan fingerprint density at radius 1 is 1.53 bits per heavy atom. The molecular weight excluding hydrogens is 266 g/mol. The first-order valence-electron chi connectivity index (χ1n) is 4.40. The smallest absolute Gasteiger partial charge is 0.270 e. The Balaban J connectivity index is 2.08. The number of aryl methyl sites for hydroxylation is 1. The van der Waals surface area contributed by atoms with E-state index in [-0.39, 0.29) is 16.0 Å². The molecule has 3 N–H and O–H groups in total. The van der Waals surface area contributed by atoms with Crippen molar-refractivity contribution < 1.29 is 8.42 Å². The van der Waals surface area contributed by atoms with Crippen molar-refractivity contribution in [1.82, 2.24) is 29.7 Å². The quantitative estimate of drug-likeness (QED) is 0.711. The average Bonchev–Trinajstić information content (AvgIpc) is 2.85. The Hall–Kier alpha value is -1.59. The Morgan fingerprint density at radius 3 is 2.82 bits per heavy atom. The molecule has 0 aliphatic rings. The van der Waals surface area contributed by atoms with E-state index in [1.54, 1.807) is 7.05 Å². The van der Waals surface area contributed by atoms with E-state index in [9.17, 15) is 8.42 Å². The zero-order valence-corrected chi connectivity index (χ0v) is 10.4. The van der Waals surface area contributed by atoms with Gasteiger partial charge in [0.15, 0.2) is 5.82 Å². The second-order valence-electron chi connectivity index (χ2n) is 3.07. The molecular formula is C6H9N7O2S2. The highest BCUT2D eigenvalue weighted by molar-refractivity contribution is 7.91. The van der Waals surface area contributed by atoms with E-state index in [0.717, 1.165) is 11.3 Å². The van der Waals surface area contributed by atoms with Gasteiger partial charge < -0.3 is 5.73 Å². The third-order valence-corrected chi connectivity index (χ3v) is 4.24. The van der Waals surface area contributed by atoms with Crippen LogP contribution in [-0.2, 0) is 23.6 Å². The molecule has 0 aliphatic carbocycles. The highest BCUT2D eigenvalue weighted by Crippen LogP contribution is 2.16. The van der Waals surface area contributed by atoms with Crippen molar-refractivity contribution in [3.05, 3.63) is 12.2 Å². The largest absolute Gasteiger partial charge is 0.374 e. The third kappa shape index (κ3) is 2.75. The lowest BCUT2D eigenvalue weighted by Crippen LogP contribution is -2.23. The summed E-state index contributed by atoms with van der Waals surface area (Å²) < 4.78 is 27.0. The van der Waals surface area contributed by atoms with Crippen molar-refractivity contribution in [3.8, 4) is 0 Å². The Labute approximate surface area is 101 Å². The number of nitrogens with zero attached hydrogens (tertiary/aromatic N) is 5. The Kier molecular flexibility index (Phi) is 3.04. The molecule has 17 heavy (non-hydrogen) atoms. The highest BCUT2D eigenvalue weighted by atomic mass is 32.2. The lowest BCUT2D eigenvalue weighted by atomic mass is 10.6. The number of anilines is 1. The van der Waals surface area contributed by atoms with Crippen LogP contribution in [0.25, 0.3) is 0 Å². The molecule has 0 fully saturated rings. The summed E-state index contributed by atoms with van der Waals surface area (Å²) in [6.45, 7) is -0.0113. The molecule has 2 aromatic rings. The van der Waals surface area contributed by atoms with E-state index in [0.29, 0.717) is 5.82 Å². The molecule has 0 aliphatic heterocycles. The summed E-state index contributed by atoms with van der Waals surface area (Å²) in [5.74, 6) is 0.369. The molecule has 0 saturated heterocycles. The van der Waals surface area contributed by atoms with E-state index >= 15 is 0 Å². The summed E-state index contributed by atoms with van der Waals surface area (Å²) >= 11 is 0.794. The van der Waals surface area contributed by atoms with E-state index in [2.05, 4.69) is 25.0 Å². The first-order valence-corrected chi connectivity index (χ1v) is 6.70. The fourth-order valence-electron chi connectivity index (χ4n) is 1.02. The monoisotopic (exact) mass is 275 g/mol. The van der Waals surface area contributed by atoms with Gasteiger partial charge in [-0.3, -0.25) is 4.68 Å². The van der Waals surface area contributed by atoms with Crippen LogP contribution in [-0.4, -0.2) is 33.4 Å². The van der Waals surface area contributed by atoms with E-state index in [1.807, 2.05) is 0 Å². The van der Waals surface area contributed by atoms with Gasteiger partial charge in [0, 0.05) is 7.05 Å². The van der Waals surface area contributed by atoms with Crippen molar-refractivity contribution in [2.45, 2.75) is 10.9 Å². The van der Waals surface area contributed by atoms with Crippen molar-refractivity contribution in [2.75, 3.05) is 5.73 Å². The van der Waals surface area contributed by atoms with Crippen LogP contribution in [0.2, 0.25) is 0 Å². The number of sulfonamides is 1. The third-order valence-electron chi connectivity index (χ3n) is 1.72. The second-order valence-corrected chi connectivity index (χ2v) is 6.01. The van der Waals surface area contributed by atoms with Gasteiger partial charge in [0.25, 0.3) is 10.0 Å². The van der Waals surface area contributed by atoms with Crippen LogP contribution in [0.5, 0.6) is 0 Å². The zero-order valence-electron chi connectivity index (χ0n) is 8.73. The van der Waals surface area contributed by atoms with Crippen molar-refractivity contribution in [2.24, 2.45) is 7.05 Å². The topological polar surface area (TPSA) is 129 Å². The average molecular weight is 275 g/mol. The SMILES string of the molecule is Cn1cnc(CNS(=O)(=O)c2nnc(N)s2)n1. The molecule has 0 atom stereocenters. The van der Waals surface area contributed by atoms with Crippen LogP contribution in [0.15, 0.2) is 10.7 Å². The molecule has 0 radical (unpaired) electrons. The molecule has 2 aromatic heterocycles. The van der Waals surface area contributed by atoms with Gasteiger partial charge in [-0.15, -0.1) is 10.2 Å². The number of nitrogen functional groups attached to an aromatic ring is 1. The number of nitrogens with two attached hydrogens (primary N) is 1. The zero-order chi connectivity index (χ0) is 12.5. The maximum atomic E-state index is 11.7. The Bertz CT molecular complexity index is 616. The van der Waals surface area contributed by atoms with Crippen molar-refractivity contribution in [1.29, 1.82) is 0 Å². The summed E-state index contributed by atoms with van der Waals surface area (Å²) in [7, 11) is -2.01. The molecule has 0 unspecified atom stereocenters. The molecule has 0 saturated carbocycles. The van der Waals surface area contributed by atoms with Gasteiger partial charge >= 0.3 is 0 Å². The second kappa shape index (κ2) is 4.35. The molecule has 11 heteroatoms. The predicted molar refractivity (Wildman–Crippen MR) is 59.3 cm³/mol. The summed E-state index contributed by atoms with van der Waals surface area (Å²) in [4.78, 5) is 3.89. The molecule has 2 heterocycles. The number of nitrogens with one attached hydrogen (secondary N) is 1. The minimum atomic E-state index is -3.70. The molecule has 0 amide bonds. The van der Waals surface area contributed by atoms with Gasteiger partial charge in [-0.1, -0.05) is 11.3 Å². The molecule has 0 aromatic carbocycles. The fourth-order valence-corrected chi connectivity index (χ4v) is 2.82. The summed E-state index contributed by atoms with van der Waals surface area (Å²) in [5, 5.41) is 10.9. The first-order chi connectivity index (χ1) is 7.97. The van der Waals surface area contributed by atoms with Gasteiger partial charge in [0.2, 0.25) is 9.47 Å². The molecule has 0 bridgehead atoms. The molecule has 9 nitrogen and oxygen atoms in total.